The maximum atomic E-state index is 12.7. The third kappa shape index (κ3) is 6.23. The Labute approximate surface area is 224 Å². The number of fused-ring (bicyclic) bond motifs is 2. The maximum Gasteiger partial charge on any atom is 0.344 e. The largest absolute Gasteiger partial charge is 0.481 e. The summed E-state index contributed by atoms with van der Waals surface area (Å²) in [7, 11) is 0. The number of ether oxygens (including phenoxy) is 4. The maximum absolute atomic E-state index is 12.7. The van der Waals surface area contributed by atoms with Gasteiger partial charge in [0.2, 0.25) is 0 Å². The van der Waals surface area contributed by atoms with E-state index in [0.717, 1.165) is 84.9 Å². The average Bonchev–Trinajstić information content (AvgIpc) is 2.95. The minimum absolute atomic E-state index is 0.00964. The summed E-state index contributed by atoms with van der Waals surface area (Å²) in [6.07, 6.45) is 11.3. The van der Waals surface area contributed by atoms with E-state index < -0.39 is 0 Å². The van der Waals surface area contributed by atoms with Gasteiger partial charge in [-0.25, -0.2) is 9.59 Å². The van der Waals surface area contributed by atoms with E-state index in [2.05, 4.69) is 19.1 Å². The third-order valence-electron chi connectivity index (χ3n) is 7.77. The van der Waals surface area contributed by atoms with Crippen molar-refractivity contribution in [1.29, 1.82) is 0 Å². The van der Waals surface area contributed by atoms with Crippen molar-refractivity contribution < 1.29 is 28.5 Å². The smallest absolute Gasteiger partial charge is 0.344 e. The van der Waals surface area contributed by atoms with Crippen molar-refractivity contribution in [2.24, 2.45) is 0 Å². The first kappa shape index (κ1) is 26.3. The molecular weight excluding hydrogens is 480 g/mol. The molecule has 2 fully saturated rings. The van der Waals surface area contributed by atoms with Crippen molar-refractivity contribution in [2.45, 2.75) is 89.8 Å². The lowest BCUT2D eigenvalue weighted by molar-refractivity contribution is -0.153. The molecule has 0 aromatic heterocycles. The van der Waals surface area contributed by atoms with Gasteiger partial charge in [-0.15, -0.1) is 0 Å². The van der Waals surface area contributed by atoms with Gasteiger partial charge in [-0.3, -0.25) is 0 Å². The first-order chi connectivity index (χ1) is 18.6. The second-order valence-corrected chi connectivity index (χ2v) is 10.5. The van der Waals surface area contributed by atoms with Crippen LogP contribution in [-0.2, 0) is 25.5 Å². The van der Waals surface area contributed by atoms with Gasteiger partial charge in [-0.05, 0) is 69.4 Å². The Morgan fingerprint density at radius 3 is 1.63 bits per heavy atom. The standard InChI is InChI=1S/C32H38O6/c1-2-22-17-18-27-28(19-22)32(36-21-30(34)38-24-13-7-4-8-14-24)26-16-10-9-15-25(26)31(27)35-20-29(33)37-23-11-5-3-6-12-23/h9-10,15-19,23-24H,2-8,11-14,20-21H2,1H3. The van der Waals surface area contributed by atoms with Crippen molar-refractivity contribution in [1.82, 2.24) is 0 Å². The second-order valence-electron chi connectivity index (χ2n) is 10.5. The molecule has 0 atom stereocenters. The Bertz CT molecular complexity index is 1270. The molecule has 0 heterocycles. The van der Waals surface area contributed by atoms with E-state index in [1.54, 1.807) is 0 Å². The highest BCUT2D eigenvalue weighted by molar-refractivity contribution is 6.11. The van der Waals surface area contributed by atoms with Crippen LogP contribution < -0.4 is 9.47 Å². The molecule has 0 saturated heterocycles. The molecule has 0 radical (unpaired) electrons. The van der Waals surface area contributed by atoms with Gasteiger partial charge in [0.15, 0.2) is 13.2 Å². The van der Waals surface area contributed by atoms with E-state index in [-0.39, 0.29) is 37.4 Å². The zero-order chi connectivity index (χ0) is 26.3. The molecule has 0 aliphatic heterocycles. The molecular formula is C32H38O6. The van der Waals surface area contributed by atoms with E-state index in [4.69, 9.17) is 18.9 Å². The van der Waals surface area contributed by atoms with Gasteiger partial charge < -0.3 is 18.9 Å². The summed E-state index contributed by atoms with van der Waals surface area (Å²) in [6.45, 7) is 1.79. The lowest BCUT2D eigenvalue weighted by Crippen LogP contribution is -2.25. The first-order valence-electron chi connectivity index (χ1n) is 14.2. The number of aryl methyl sites for hydroxylation is 1. The molecule has 6 heteroatoms. The lowest BCUT2D eigenvalue weighted by Gasteiger charge is -2.23. The number of benzene rings is 3. The Balaban J connectivity index is 1.41. The van der Waals surface area contributed by atoms with Crippen molar-refractivity contribution in [2.75, 3.05) is 13.2 Å². The highest BCUT2D eigenvalue weighted by Gasteiger charge is 2.22. The monoisotopic (exact) mass is 518 g/mol. The fraction of sp³-hybridized carbons (Fsp3) is 0.500. The molecule has 3 aromatic carbocycles. The van der Waals surface area contributed by atoms with Gasteiger partial charge in [-0.2, -0.15) is 0 Å². The summed E-state index contributed by atoms with van der Waals surface area (Å²) < 4.78 is 23.7. The zero-order valence-electron chi connectivity index (χ0n) is 22.3. The van der Waals surface area contributed by atoms with Gasteiger partial charge in [-0.1, -0.05) is 56.2 Å². The third-order valence-corrected chi connectivity index (χ3v) is 7.77. The fourth-order valence-corrected chi connectivity index (χ4v) is 5.75. The minimum atomic E-state index is -0.343. The number of hydrogen-bond donors (Lipinski definition) is 0. The van der Waals surface area contributed by atoms with Crippen LogP contribution in [0.15, 0.2) is 42.5 Å². The summed E-state index contributed by atoms with van der Waals surface area (Å²) in [5, 5.41) is 3.34. The van der Waals surface area contributed by atoms with E-state index in [1.165, 1.54) is 12.8 Å². The molecule has 0 unspecified atom stereocenters. The van der Waals surface area contributed by atoms with Crippen molar-refractivity contribution >= 4 is 33.5 Å². The Morgan fingerprint density at radius 1 is 0.658 bits per heavy atom. The molecule has 3 aromatic rings. The number of rotatable bonds is 9. The van der Waals surface area contributed by atoms with Crippen molar-refractivity contribution in [3.8, 4) is 11.5 Å². The molecule has 5 rings (SSSR count). The molecule has 38 heavy (non-hydrogen) atoms. The Hall–Kier alpha value is -3.28. The van der Waals surface area contributed by atoms with Crippen molar-refractivity contribution in [3.63, 3.8) is 0 Å². The molecule has 0 spiro atoms. The van der Waals surface area contributed by atoms with Crippen LogP contribution in [0.2, 0.25) is 0 Å². The molecule has 202 valence electrons. The summed E-state index contributed by atoms with van der Waals surface area (Å²) in [5.41, 5.74) is 1.14. The number of carbonyl (C=O) groups excluding carboxylic acids is 2. The Kier molecular flexibility index (Phi) is 8.67. The summed E-state index contributed by atoms with van der Waals surface area (Å²) in [6, 6.07) is 13.9. The van der Waals surface area contributed by atoms with Crippen LogP contribution in [0, 0.1) is 0 Å². The van der Waals surface area contributed by atoms with E-state index in [0.29, 0.717) is 11.5 Å². The molecule has 0 bridgehead atoms. The second kappa shape index (κ2) is 12.5. The highest BCUT2D eigenvalue weighted by Crippen LogP contribution is 2.43. The van der Waals surface area contributed by atoms with Crippen LogP contribution in [0.25, 0.3) is 21.5 Å². The molecule has 0 amide bonds. The van der Waals surface area contributed by atoms with Crippen LogP contribution in [0.4, 0.5) is 0 Å². The number of hydrogen-bond acceptors (Lipinski definition) is 6. The van der Waals surface area contributed by atoms with Gasteiger partial charge in [0.25, 0.3) is 0 Å². The van der Waals surface area contributed by atoms with Gasteiger partial charge in [0, 0.05) is 21.5 Å². The zero-order valence-corrected chi connectivity index (χ0v) is 22.3. The average molecular weight is 519 g/mol. The van der Waals surface area contributed by atoms with Crippen LogP contribution in [0.3, 0.4) is 0 Å². The topological polar surface area (TPSA) is 71.1 Å². The van der Waals surface area contributed by atoms with Crippen LogP contribution >= 0.6 is 0 Å². The number of esters is 2. The van der Waals surface area contributed by atoms with Crippen molar-refractivity contribution in [3.05, 3.63) is 48.0 Å². The molecule has 2 saturated carbocycles. The molecule has 2 aliphatic rings. The van der Waals surface area contributed by atoms with Gasteiger partial charge in [0.05, 0.1) is 0 Å². The fourth-order valence-electron chi connectivity index (χ4n) is 5.75. The van der Waals surface area contributed by atoms with Crippen LogP contribution in [0.5, 0.6) is 11.5 Å². The molecule has 0 N–H and O–H groups in total. The van der Waals surface area contributed by atoms with Crippen LogP contribution in [-0.4, -0.2) is 37.4 Å². The van der Waals surface area contributed by atoms with E-state index in [9.17, 15) is 9.59 Å². The van der Waals surface area contributed by atoms with E-state index in [1.807, 2.05) is 30.3 Å². The minimum Gasteiger partial charge on any atom is -0.481 e. The number of carbonyl (C=O) groups is 2. The molecule has 2 aliphatic carbocycles. The van der Waals surface area contributed by atoms with Crippen LogP contribution in [0.1, 0.15) is 76.7 Å². The summed E-state index contributed by atoms with van der Waals surface area (Å²) in [5.74, 6) is 0.566. The Morgan fingerprint density at radius 2 is 1.13 bits per heavy atom. The quantitative estimate of drug-likeness (QED) is 0.223. The van der Waals surface area contributed by atoms with Gasteiger partial charge in [0.1, 0.15) is 23.7 Å². The lowest BCUT2D eigenvalue weighted by atomic mass is 9.98. The summed E-state index contributed by atoms with van der Waals surface area (Å²) >= 11 is 0. The predicted molar refractivity (Wildman–Crippen MR) is 148 cm³/mol. The van der Waals surface area contributed by atoms with Gasteiger partial charge >= 0.3 is 11.9 Å². The molecule has 6 nitrogen and oxygen atoms in total. The summed E-state index contributed by atoms with van der Waals surface area (Å²) in [4.78, 5) is 25.3. The normalized spacial score (nSPS) is 16.9. The predicted octanol–water partition coefficient (Wildman–Crippen LogP) is 7.06. The SMILES string of the molecule is CCc1ccc2c(OCC(=O)OC3CCCCC3)c3ccccc3c(OCC(=O)OC3CCCCC3)c2c1. The van der Waals surface area contributed by atoms with E-state index >= 15 is 0 Å². The highest BCUT2D eigenvalue weighted by atomic mass is 16.6. The first-order valence-corrected chi connectivity index (χ1v) is 14.2.